The van der Waals surface area contributed by atoms with Crippen molar-refractivity contribution < 1.29 is 4.74 Å². The van der Waals surface area contributed by atoms with E-state index in [1.165, 1.54) is 37.7 Å². The molecule has 0 aromatic heterocycles. The second-order valence-electron chi connectivity index (χ2n) is 5.96. The van der Waals surface area contributed by atoms with Crippen LogP contribution in [0.4, 0.5) is 5.69 Å². The summed E-state index contributed by atoms with van der Waals surface area (Å²) in [4.78, 5) is 0. The normalized spacial score (nSPS) is 17.4. The van der Waals surface area contributed by atoms with Gasteiger partial charge < -0.3 is 15.4 Å². The van der Waals surface area contributed by atoms with Gasteiger partial charge in [-0.15, -0.1) is 0 Å². The first-order valence-electron chi connectivity index (χ1n) is 8.30. The summed E-state index contributed by atoms with van der Waals surface area (Å²) < 4.78 is 5.60. The van der Waals surface area contributed by atoms with E-state index >= 15 is 0 Å². The van der Waals surface area contributed by atoms with Crippen molar-refractivity contribution in [1.82, 2.24) is 5.32 Å². The molecule has 3 rings (SSSR count). The molecule has 2 aliphatic rings. The molecule has 1 aromatic carbocycles. The molecule has 3 nitrogen and oxygen atoms in total. The molecule has 0 atom stereocenters. The number of anilines is 1. The molecule has 1 aliphatic heterocycles. The third-order valence-electron chi connectivity index (χ3n) is 4.32. The summed E-state index contributed by atoms with van der Waals surface area (Å²) in [6.07, 6.45) is 10.1. The number of fused-ring (bicyclic) bond motifs is 1. The molecule has 0 amide bonds. The average molecular weight is 286 g/mol. The number of nitrogens with one attached hydrogen (secondary N) is 2. The largest absolute Gasteiger partial charge is 0.490 e. The van der Waals surface area contributed by atoms with E-state index in [4.69, 9.17) is 4.74 Å². The molecular weight excluding hydrogens is 260 g/mol. The van der Waals surface area contributed by atoms with Crippen LogP contribution < -0.4 is 15.4 Å². The highest BCUT2D eigenvalue weighted by Crippen LogP contribution is 2.28. The van der Waals surface area contributed by atoms with Gasteiger partial charge in [-0.2, -0.15) is 0 Å². The van der Waals surface area contributed by atoms with Crippen molar-refractivity contribution >= 4 is 5.69 Å². The van der Waals surface area contributed by atoms with E-state index in [0.717, 1.165) is 44.1 Å². The monoisotopic (exact) mass is 286 g/mol. The van der Waals surface area contributed by atoms with Gasteiger partial charge in [0.2, 0.25) is 0 Å². The lowest BCUT2D eigenvalue weighted by molar-refractivity contribution is 0.323. The Bertz CT molecular complexity index is 496. The van der Waals surface area contributed by atoms with Crippen molar-refractivity contribution in [2.45, 2.75) is 38.5 Å². The predicted octanol–water partition coefficient (Wildman–Crippen LogP) is 3.51. The van der Waals surface area contributed by atoms with Crippen LogP contribution in [0.25, 0.3) is 0 Å². The van der Waals surface area contributed by atoms with Crippen molar-refractivity contribution in [1.29, 1.82) is 0 Å². The molecule has 0 bridgehead atoms. The lowest BCUT2D eigenvalue weighted by Gasteiger charge is -2.19. The van der Waals surface area contributed by atoms with Crippen LogP contribution in [-0.4, -0.2) is 26.2 Å². The van der Waals surface area contributed by atoms with Gasteiger partial charge in [0.25, 0.3) is 0 Å². The first-order valence-corrected chi connectivity index (χ1v) is 8.30. The fourth-order valence-electron chi connectivity index (χ4n) is 3.08. The molecule has 1 heterocycles. The summed E-state index contributed by atoms with van der Waals surface area (Å²) in [7, 11) is 0. The van der Waals surface area contributed by atoms with Crippen LogP contribution in [0.2, 0.25) is 0 Å². The molecule has 0 fully saturated rings. The minimum Gasteiger partial charge on any atom is -0.490 e. The molecule has 0 spiro atoms. The van der Waals surface area contributed by atoms with E-state index in [-0.39, 0.29) is 0 Å². The summed E-state index contributed by atoms with van der Waals surface area (Å²) in [6, 6.07) is 6.49. The van der Waals surface area contributed by atoms with Gasteiger partial charge in [0.1, 0.15) is 12.4 Å². The quantitative estimate of drug-likeness (QED) is 0.620. The van der Waals surface area contributed by atoms with Crippen molar-refractivity contribution in [3.05, 3.63) is 35.4 Å². The topological polar surface area (TPSA) is 33.3 Å². The molecule has 0 radical (unpaired) electrons. The Labute approximate surface area is 127 Å². The number of hydrogen-bond acceptors (Lipinski definition) is 3. The first-order chi connectivity index (χ1) is 10.4. The minimum absolute atomic E-state index is 0.768. The SMILES string of the molecule is C1=C(CCNCCc2ccc3c(c2)NCCO3)CCCC1. The summed E-state index contributed by atoms with van der Waals surface area (Å²) in [5.41, 5.74) is 4.17. The Morgan fingerprint density at radius 1 is 1.14 bits per heavy atom. The van der Waals surface area contributed by atoms with Gasteiger partial charge in [-0.05, 0) is 69.3 Å². The first kappa shape index (κ1) is 14.5. The smallest absolute Gasteiger partial charge is 0.142 e. The Morgan fingerprint density at radius 2 is 2.10 bits per heavy atom. The summed E-state index contributed by atoms with van der Waals surface area (Å²) in [5, 5.41) is 6.96. The molecule has 0 unspecified atom stereocenters. The summed E-state index contributed by atoms with van der Waals surface area (Å²) in [5.74, 6) is 0.988. The van der Waals surface area contributed by atoms with Crippen LogP contribution in [0.3, 0.4) is 0 Å². The number of rotatable bonds is 6. The third-order valence-corrected chi connectivity index (χ3v) is 4.32. The van der Waals surface area contributed by atoms with E-state index in [2.05, 4.69) is 34.9 Å². The van der Waals surface area contributed by atoms with Crippen LogP contribution in [0.1, 0.15) is 37.7 Å². The van der Waals surface area contributed by atoms with Crippen molar-refractivity contribution in [2.75, 3.05) is 31.6 Å². The van der Waals surface area contributed by atoms with E-state index in [0.29, 0.717) is 0 Å². The van der Waals surface area contributed by atoms with E-state index in [1.807, 2.05) is 0 Å². The maximum Gasteiger partial charge on any atom is 0.142 e. The Morgan fingerprint density at radius 3 is 3.00 bits per heavy atom. The van der Waals surface area contributed by atoms with Crippen molar-refractivity contribution in [3.8, 4) is 5.75 Å². The standard InChI is InChI=1S/C18H26N2O/c1-2-4-15(5-3-1)8-10-19-11-9-16-6-7-18-17(14-16)20-12-13-21-18/h4,6-7,14,19-20H,1-3,5,8-13H2. The molecule has 21 heavy (non-hydrogen) atoms. The fraction of sp³-hybridized carbons (Fsp3) is 0.556. The van der Waals surface area contributed by atoms with Gasteiger partial charge in [-0.25, -0.2) is 0 Å². The molecular formula is C18H26N2O. The lowest BCUT2D eigenvalue weighted by Crippen LogP contribution is -2.20. The van der Waals surface area contributed by atoms with Gasteiger partial charge >= 0.3 is 0 Å². The van der Waals surface area contributed by atoms with Crippen molar-refractivity contribution in [2.24, 2.45) is 0 Å². The summed E-state index contributed by atoms with van der Waals surface area (Å²) >= 11 is 0. The number of benzene rings is 1. The highest BCUT2D eigenvalue weighted by atomic mass is 16.5. The third kappa shape index (κ3) is 4.24. The molecule has 1 aromatic rings. The summed E-state index contributed by atoms with van der Waals surface area (Å²) in [6.45, 7) is 3.83. The van der Waals surface area contributed by atoms with Crippen molar-refractivity contribution in [3.63, 3.8) is 0 Å². The molecule has 114 valence electrons. The number of hydrogen-bond donors (Lipinski definition) is 2. The molecule has 1 aliphatic carbocycles. The van der Waals surface area contributed by atoms with Crippen LogP contribution in [0.15, 0.2) is 29.8 Å². The Kier molecular flexibility index (Phi) is 5.17. The van der Waals surface area contributed by atoms with E-state index in [1.54, 1.807) is 5.57 Å². The Hall–Kier alpha value is -1.48. The second kappa shape index (κ2) is 7.51. The zero-order chi connectivity index (χ0) is 14.3. The van der Waals surface area contributed by atoms with E-state index < -0.39 is 0 Å². The Balaban J connectivity index is 1.38. The highest BCUT2D eigenvalue weighted by molar-refractivity contribution is 5.59. The second-order valence-corrected chi connectivity index (χ2v) is 5.96. The van der Waals surface area contributed by atoms with Gasteiger partial charge in [-0.3, -0.25) is 0 Å². The molecule has 0 saturated carbocycles. The average Bonchev–Trinajstić information content (AvgIpc) is 2.55. The zero-order valence-corrected chi connectivity index (χ0v) is 12.8. The van der Waals surface area contributed by atoms with Crippen LogP contribution in [0.5, 0.6) is 5.75 Å². The number of ether oxygens (including phenoxy) is 1. The van der Waals surface area contributed by atoms with Gasteiger partial charge in [-0.1, -0.05) is 17.7 Å². The minimum atomic E-state index is 0.768. The highest BCUT2D eigenvalue weighted by Gasteiger charge is 2.09. The molecule has 2 N–H and O–H groups in total. The fourth-order valence-corrected chi connectivity index (χ4v) is 3.08. The zero-order valence-electron chi connectivity index (χ0n) is 12.8. The van der Waals surface area contributed by atoms with E-state index in [9.17, 15) is 0 Å². The maximum absolute atomic E-state index is 5.60. The number of allylic oxidation sites excluding steroid dienone is 1. The maximum atomic E-state index is 5.60. The predicted molar refractivity (Wildman–Crippen MR) is 88.2 cm³/mol. The van der Waals surface area contributed by atoms with Gasteiger partial charge in [0.05, 0.1) is 5.69 Å². The van der Waals surface area contributed by atoms with Crippen LogP contribution in [-0.2, 0) is 6.42 Å². The molecule has 0 saturated heterocycles. The van der Waals surface area contributed by atoms with Crippen LogP contribution in [0, 0.1) is 0 Å². The lowest BCUT2D eigenvalue weighted by atomic mass is 9.97. The molecule has 3 heteroatoms. The van der Waals surface area contributed by atoms with Crippen LogP contribution >= 0.6 is 0 Å². The van der Waals surface area contributed by atoms with Gasteiger partial charge in [0.15, 0.2) is 0 Å². The van der Waals surface area contributed by atoms with Gasteiger partial charge in [0, 0.05) is 6.54 Å².